The molecule has 70 valence electrons. The van der Waals surface area contributed by atoms with Gasteiger partial charge in [-0.15, -0.1) is 0 Å². The van der Waals surface area contributed by atoms with E-state index in [1.807, 2.05) is 6.07 Å². The summed E-state index contributed by atoms with van der Waals surface area (Å²) in [6, 6.07) is 6.71. The maximum absolute atomic E-state index is 10.8. The summed E-state index contributed by atoms with van der Waals surface area (Å²) in [5, 5.41) is 11.7. The second-order valence-electron chi connectivity index (χ2n) is 2.65. The molecule has 0 aliphatic carbocycles. The summed E-state index contributed by atoms with van der Waals surface area (Å²) in [4.78, 5) is 10.8. The number of rotatable bonds is 3. The van der Waals surface area contributed by atoms with Crippen LogP contribution in [0.2, 0.25) is 0 Å². The van der Waals surface area contributed by atoms with E-state index in [0.29, 0.717) is 6.54 Å². The topological polar surface area (TPSA) is 75.4 Å². The van der Waals surface area contributed by atoms with Gasteiger partial charge in [0.1, 0.15) is 5.75 Å². The van der Waals surface area contributed by atoms with Crippen LogP contribution in [0.25, 0.3) is 0 Å². The second-order valence-corrected chi connectivity index (χ2v) is 2.65. The molecule has 1 aromatic carbocycles. The van der Waals surface area contributed by atoms with E-state index in [2.05, 4.69) is 5.32 Å². The van der Waals surface area contributed by atoms with Gasteiger partial charge < -0.3 is 16.2 Å². The number of benzene rings is 1. The van der Waals surface area contributed by atoms with E-state index in [4.69, 9.17) is 10.8 Å². The van der Waals surface area contributed by atoms with E-state index < -0.39 is 0 Å². The van der Waals surface area contributed by atoms with Crippen molar-refractivity contribution < 1.29 is 9.90 Å². The summed E-state index contributed by atoms with van der Waals surface area (Å²) in [5.74, 6) is -0.0113. The zero-order valence-corrected chi connectivity index (χ0v) is 7.16. The maximum Gasteiger partial charge on any atom is 0.234 e. The van der Waals surface area contributed by atoms with Gasteiger partial charge in [-0.05, 0) is 17.7 Å². The van der Waals surface area contributed by atoms with Crippen molar-refractivity contribution in [3.63, 3.8) is 0 Å². The van der Waals surface area contributed by atoms with E-state index in [1.54, 1.807) is 18.2 Å². The minimum Gasteiger partial charge on any atom is -0.508 e. The third-order valence-corrected chi connectivity index (χ3v) is 1.59. The maximum atomic E-state index is 10.8. The predicted molar refractivity (Wildman–Crippen MR) is 49.0 cm³/mol. The van der Waals surface area contributed by atoms with Crippen molar-refractivity contribution in [3.05, 3.63) is 29.8 Å². The van der Waals surface area contributed by atoms with Crippen LogP contribution >= 0.6 is 0 Å². The van der Waals surface area contributed by atoms with Crippen molar-refractivity contribution in [3.8, 4) is 5.75 Å². The fourth-order valence-corrected chi connectivity index (χ4v) is 0.939. The predicted octanol–water partition coefficient (Wildman–Crippen LogP) is -0.0329. The van der Waals surface area contributed by atoms with Crippen LogP contribution in [0.3, 0.4) is 0 Å². The molecule has 0 radical (unpaired) electrons. The summed E-state index contributed by atoms with van der Waals surface area (Å²) in [6.07, 6.45) is 0. The number of hydrogen-bond acceptors (Lipinski definition) is 3. The first-order chi connectivity index (χ1) is 6.22. The van der Waals surface area contributed by atoms with Crippen LogP contribution in [0.1, 0.15) is 5.56 Å². The molecule has 0 heterocycles. The molecule has 4 N–H and O–H groups in total. The molecule has 4 heteroatoms. The number of phenols is 1. The van der Waals surface area contributed by atoms with E-state index in [0.717, 1.165) is 5.56 Å². The van der Waals surface area contributed by atoms with Crippen molar-refractivity contribution in [1.29, 1.82) is 0 Å². The fraction of sp³-hybridized carbons (Fsp3) is 0.222. The first kappa shape index (κ1) is 9.54. The minimum absolute atomic E-state index is 0.0151. The van der Waals surface area contributed by atoms with Gasteiger partial charge in [0, 0.05) is 6.54 Å². The molecule has 1 rings (SSSR count). The number of amides is 1. The van der Waals surface area contributed by atoms with Crippen LogP contribution in [0.15, 0.2) is 24.3 Å². The Bertz CT molecular complexity index is 299. The van der Waals surface area contributed by atoms with Crippen LogP contribution in [0.5, 0.6) is 5.75 Å². The van der Waals surface area contributed by atoms with Gasteiger partial charge in [0.2, 0.25) is 5.91 Å². The van der Waals surface area contributed by atoms with Gasteiger partial charge in [0.15, 0.2) is 0 Å². The molecule has 0 saturated heterocycles. The highest BCUT2D eigenvalue weighted by atomic mass is 16.3. The normalized spacial score (nSPS) is 9.62. The van der Waals surface area contributed by atoms with Crippen molar-refractivity contribution in [2.75, 3.05) is 6.54 Å². The third kappa shape index (κ3) is 3.13. The minimum atomic E-state index is -0.205. The monoisotopic (exact) mass is 180 g/mol. The Kier molecular flexibility index (Phi) is 3.28. The molecule has 0 aromatic heterocycles. The molecule has 0 aliphatic rings. The summed E-state index contributed by atoms with van der Waals surface area (Å²) in [7, 11) is 0. The van der Waals surface area contributed by atoms with Crippen molar-refractivity contribution in [1.82, 2.24) is 5.32 Å². The Hall–Kier alpha value is -1.55. The lowest BCUT2D eigenvalue weighted by Gasteiger charge is -2.03. The van der Waals surface area contributed by atoms with Crippen molar-refractivity contribution >= 4 is 5.91 Å². The first-order valence-corrected chi connectivity index (χ1v) is 3.97. The van der Waals surface area contributed by atoms with Gasteiger partial charge in [-0.25, -0.2) is 0 Å². The lowest BCUT2D eigenvalue weighted by molar-refractivity contribution is -0.119. The van der Waals surface area contributed by atoms with Gasteiger partial charge in [-0.2, -0.15) is 0 Å². The van der Waals surface area contributed by atoms with Crippen LogP contribution < -0.4 is 11.1 Å². The molecule has 4 nitrogen and oxygen atoms in total. The molecule has 1 aromatic rings. The number of aromatic hydroxyl groups is 1. The van der Waals surface area contributed by atoms with Crippen molar-refractivity contribution in [2.45, 2.75) is 6.54 Å². The number of carbonyl (C=O) groups is 1. The lowest BCUT2D eigenvalue weighted by Crippen LogP contribution is -2.29. The first-order valence-electron chi connectivity index (χ1n) is 3.97. The molecule has 0 fully saturated rings. The molecular formula is C9H12N2O2. The van der Waals surface area contributed by atoms with Gasteiger partial charge in [-0.3, -0.25) is 4.79 Å². The van der Waals surface area contributed by atoms with E-state index in [1.165, 1.54) is 0 Å². The zero-order chi connectivity index (χ0) is 9.68. The fourth-order valence-electron chi connectivity index (χ4n) is 0.939. The number of hydrogen-bond donors (Lipinski definition) is 3. The standard InChI is InChI=1S/C9H12N2O2/c10-5-9(13)11-6-7-2-1-3-8(12)4-7/h1-4,12H,5-6,10H2,(H,11,13). The lowest BCUT2D eigenvalue weighted by atomic mass is 10.2. The number of carbonyl (C=O) groups excluding carboxylic acids is 1. The smallest absolute Gasteiger partial charge is 0.234 e. The number of phenolic OH excluding ortho intramolecular Hbond substituents is 1. The molecule has 0 saturated carbocycles. The van der Waals surface area contributed by atoms with Gasteiger partial charge in [0.25, 0.3) is 0 Å². The molecule has 0 spiro atoms. The van der Waals surface area contributed by atoms with Crippen molar-refractivity contribution in [2.24, 2.45) is 5.73 Å². The van der Waals surface area contributed by atoms with Crippen LogP contribution in [-0.2, 0) is 11.3 Å². The SMILES string of the molecule is NCC(=O)NCc1cccc(O)c1. The highest BCUT2D eigenvalue weighted by Gasteiger charge is 1.97. The van der Waals surface area contributed by atoms with Gasteiger partial charge >= 0.3 is 0 Å². The molecule has 0 bridgehead atoms. The zero-order valence-electron chi connectivity index (χ0n) is 7.16. The summed E-state index contributed by atoms with van der Waals surface area (Å²) < 4.78 is 0. The van der Waals surface area contributed by atoms with Gasteiger partial charge in [0.05, 0.1) is 6.54 Å². The van der Waals surface area contributed by atoms with Gasteiger partial charge in [-0.1, -0.05) is 12.1 Å². The van der Waals surface area contributed by atoms with E-state index in [-0.39, 0.29) is 18.2 Å². The van der Waals surface area contributed by atoms with Crippen LogP contribution in [-0.4, -0.2) is 17.6 Å². The highest BCUT2D eigenvalue weighted by molar-refractivity contribution is 5.77. The second kappa shape index (κ2) is 4.47. The Balaban J connectivity index is 2.50. The Morgan fingerprint density at radius 1 is 1.54 bits per heavy atom. The average Bonchev–Trinajstić information content (AvgIpc) is 2.14. The molecule has 0 aliphatic heterocycles. The molecular weight excluding hydrogens is 168 g/mol. The molecule has 0 unspecified atom stereocenters. The third-order valence-electron chi connectivity index (χ3n) is 1.59. The van der Waals surface area contributed by atoms with Crippen LogP contribution in [0.4, 0.5) is 0 Å². The molecule has 13 heavy (non-hydrogen) atoms. The number of nitrogens with one attached hydrogen (secondary N) is 1. The summed E-state index contributed by atoms with van der Waals surface area (Å²) >= 11 is 0. The Labute approximate surface area is 76.4 Å². The number of nitrogens with two attached hydrogens (primary N) is 1. The molecule has 1 amide bonds. The Morgan fingerprint density at radius 3 is 2.92 bits per heavy atom. The summed E-state index contributed by atoms with van der Waals surface area (Å²) in [5.41, 5.74) is 5.95. The summed E-state index contributed by atoms with van der Waals surface area (Å²) in [6.45, 7) is 0.378. The Morgan fingerprint density at radius 2 is 2.31 bits per heavy atom. The van der Waals surface area contributed by atoms with E-state index >= 15 is 0 Å². The molecule has 0 atom stereocenters. The highest BCUT2D eigenvalue weighted by Crippen LogP contribution is 2.10. The van der Waals surface area contributed by atoms with Crippen LogP contribution in [0, 0.1) is 0 Å². The van der Waals surface area contributed by atoms with E-state index in [9.17, 15) is 4.79 Å². The largest absolute Gasteiger partial charge is 0.508 e. The quantitative estimate of drug-likeness (QED) is 0.611. The average molecular weight is 180 g/mol.